The van der Waals surface area contributed by atoms with Crippen LogP contribution >= 0.6 is 22.9 Å². The van der Waals surface area contributed by atoms with Crippen LogP contribution in [0.5, 0.6) is 0 Å². The fraction of sp³-hybridized carbons (Fsp3) is 0.167. The average molecular weight is 317 g/mol. The van der Waals surface area contributed by atoms with Crippen LogP contribution in [0.3, 0.4) is 0 Å². The van der Waals surface area contributed by atoms with Crippen molar-refractivity contribution < 1.29 is 8.42 Å². The Morgan fingerprint density at radius 3 is 2.68 bits per heavy atom. The fourth-order valence-corrected chi connectivity index (χ4v) is 4.21. The molecule has 0 amide bonds. The summed E-state index contributed by atoms with van der Waals surface area (Å²) in [6.07, 6.45) is 0. The smallest absolute Gasteiger partial charge is 0.242 e. The van der Waals surface area contributed by atoms with E-state index in [2.05, 4.69) is 4.72 Å². The summed E-state index contributed by atoms with van der Waals surface area (Å²) in [7, 11) is -3.66. The van der Waals surface area contributed by atoms with Crippen molar-refractivity contribution in [3.05, 3.63) is 45.6 Å². The highest BCUT2D eigenvalue weighted by atomic mass is 35.5. The van der Waals surface area contributed by atoms with Gasteiger partial charge in [0, 0.05) is 10.6 Å². The lowest BCUT2D eigenvalue weighted by atomic mass is 10.3. The summed E-state index contributed by atoms with van der Waals surface area (Å²) in [5, 5.41) is 2.02. The van der Waals surface area contributed by atoms with Crippen LogP contribution in [0.2, 0.25) is 5.02 Å². The first-order valence-electron chi connectivity index (χ1n) is 5.51. The minimum absolute atomic E-state index is 0.0340. The van der Waals surface area contributed by atoms with Gasteiger partial charge in [-0.2, -0.15) is 0 Å². The van der Waals surface area contributed by atoms with Gasteiger partial charge in [-0.1, -0.05) is 17.7 Å². The lowest BCUT2D eigenvalue weighted by Crippen LogP contribution is -2.26. The van der Waals surface area contributed by atoms with Crippen molar-refractivity contribution in [2.24, 2.45) is 0 Å². The van der Waals surface area contributed by atoms with Gasteiger partial charge < -0.3 is 5.73 Å². The van der Waals surface area contributed by atoms with Crippen LogP contribution in [0.4, 0.5) is 5.69 Å². The highest BCUT2D eigenvalue weighted by Crippen LogP contribution is 2.26. The normalized spacial score (nSPS) is 13.4. The van der Waals surface area contributed by atoms with E-state index in [1.54, 1.807) is 6.92 Å². The van der Waals surface area contributed by atoms with E-state index < -0.39 is 10.0 Å². The number of rotatable bonds is 4. The molecule has 3 N–H and O–H groups in total. The van der Waals surface area contributed by atoms with Crippen molar-refractivity contribution in [2.45, 2.75) is 17.9 Å². The van der Waals surface area contributed by atoms with Gasteiger partial charge in [0.2, 0.25) is 10.0 Å². The predicted molar refractivity (Wildman–Crippen MR) is 78.9 cm³/mol. The molecule has 4 nitrogen and oxygen atoms in total. The Hall–Kier alpha value is -1.08. The molecule has 19 heavy (non-hydrogen) atoms. The molecular weight excluding hydrogens is 304 g/mol. The van der Waals surface area contributed by atoms with Crippen molar-refractivity contribution in [3.63, 3.8) is 0 Å². The molecule has 0 aliphatic carbocycles. The van der Waals surface area contributed by atoms with Crippen LogP contribution in [-0.2, 0) is 10.0 Å². The number of hydrogen-bond acceptors (Lipinski definition) is 4. The topological polar surface area (TPSA) is 72.2 Å². The van der Waals surface area contributed by atoms with Gasteiger partial charge in [-0.3, -0.25) is 0 Å². The standard InChI is InChI=1S/C12H13ClN2O2S2/c1-8(11-3-2-6-18-11)15-19(16,17)12-5-4-9(14)7-10(12)13/h2-8,15H,14H2,1H3. The summed E-state index contributed by atoms with van der Waals surface area (Å²) in [5.74, 6) is 0. The molecule has 2 rings (SSSR count). The third kappa shape index (κ3) is 3.27. The lowest BCUT2D eigenvalue weighted by Gasteiger charge is -2.13. The molecule has 0 aliphatic heterocycles. The summed E-state index contributed by atoms with van der Waals surface area (Å²) in [6, 6.07) is 7.78. The number of hydrogen-bond donors (Lipinski definition) is 2. The predicted octanol–water partition coefficient (Wildman–Crippen LogP) is 3.02. The Balaban J connectivity index is 2.28. The average Bonchev–Trinajstić information content (AvgIpc) is 2.80. The highest BCUT2D eigenvalue weighted by molar-refractivity contribution is 7.89. The quantitative estimate of drug-likeness (QED) is 0.852. The highest BCUT2D eigenvalue weighted by Gasteiger charge is 2.21. The number of nitrogens with two attached hydrogens (primary N) is 1. The second kappa shape index (κ2) is 5.50. The van der Waals surface area contributed by atoms with E-state index in [1.807, 2.05) is 17.5 Å². The molecule has 1 heterocycles. The number of nitrogen functional groups attached to an aromatic ring is 1. The monoisotopic (exact) mass is 316 g/mol. The van der Waals surface area contributed by atoms with Crippen LogP contribution in [0.1, 0.15) is 17.8 Å². The second-order valence-corrected chi connectivity index (χ2v) is 7.12. The molecule has 0 radical (unpaired) electrons. The van der Waals surface area contributed by atoms with Gasteiger partial charge in [0.05, 0.1) is 11.1 Å². The molecule has 1 unspecified atom stereocenters. The maximum Gasteiger partial charge on any atom is 0.242 e. The third-order valence-electron chi connectivity index (χ3n) is 2.55. The van der Waals surface area contributed by atoms with Crippen molar-refractivity contribution in [1.82, 2.24) is 4.72 Å². The first-order chi connectivity index (χ1) is 8.90. The molecule has 0 bridgehead atoms. The summed E-state index contributed by atoms with van der Waals surface area (Å²) < 4.78 is 27.1. The minimum atomic E-state index is -3.66. The maximum atomic E-state index is 12.2. The molecule has 0 spiro atoms. The van der Waals surface area contributed by atoms with Gasteiger partial charge in [0.25, 0.3) is 0 Å². The molecule has 0 fully saturated rings. The molecule has 1 atom stereocenters. The zero-order valence-electron chi connectivity index (χ0n) is 10.1. The molecule has 1 aromatic carbocycles. The van der Waals surface area contributed by atoms with E-state index in [0.717, 1.165) is 4.88 Å². The number of sulfonamides is 1. The van der Waals surface area contributed by atoms with Gasteiger partial charge in [0.1, 0.15) is 4.90 Å². The Morgan fingerprint density at radius 1 is 1.37 bits per heavy atom. The second-order valence-electron chi connectivity index (χ2n) is 4.05. The van der Waals surface area contributed by atoms with Gasteiger partial charge in [-0.15, -0.1) is 11.3 Å². The van der Waals surface area contributed by atoms with Gasteiger partial charge in [-0.05, 0) is 36.6 Å². The first kappa shape index (κ1) is 14.3. The van der Waals surface area contributed by atoms with Crippen LogP contribution in [0.15, 0.2) is 40.6 Å². The number of benzene rings is 1. The van der Waals surface area contributed by atoms with E-state index in [0.29, 0.717) is 5.69 Å². The molecule has 102 valence electrons. The number of anilines is 1. The number of nitrogens with one attached hydrogen (secondary N) is 1. The SMILES string of the molecule is CC(NS(=O)(=O)c1ccc(N)cc1Cl)c1cccs1. The van der Waals surface area contributed by atoms with Crippen LogP contribution in [-0.4, -0.2) is 8.42 Å². The number of halogens is 1. The molecule has 2 aromatic rings. The zero-order valence-corrected chi connectivity index (χ0v) is 12.5. The molecule has 7 heteroatoms. The van der Waals surface area contributed by atoms with Crippen molar-refractivity contribution >= 4 is 38.6 Å². The van der Waals surface area contributed by atoms with Crippen molar-refractivity contribution in [1.29, 1.82) is 0 Å². The lowest BCUT2D eigenvalue weighted by molar-refractivity contribution is 0.568. The Morgan fingerprint density at radius 2 is 2.11 bits per heavy atom. The van der Waals surface area contributed by atoms with Crippen LogP contribution < -0.4 is 10.5 Å². The summed E-state index contributed by atoms with van der Waals surface area (Å²) >= 11 is 7.42. The fourth-order valence-electron chi connectivity index (χ4n) is 1.63. The Labute approximate surface area is 121 Å². The summed E-state index contributed by atoms with van der Waals surface area (Å²) in [6.45, 7) is 1.79. The van der Waals surface area contributed by atoms with Crippen LogP contribution in [0, 0.1) is 0 Å². The van der Waals surface area contributed by atoms with E-state index in [1.165, 1.54) is 29.5 Å². The summed E-state index contributed by atoms with van der Waals surface area (Å²) in [5.41, 5.74) is 5.98. The third-order valence-corrected chi connectivity index (χ3v) is 5.63. The summed E-state index contributed by atoms with van der Waals surface area (Å²) in [4.78, 5) is 0.974. The van der Waals surface area contributed by atoms with Crippen molar-refractivity contribution in [3.8, 4) is 0 Å². The molecule has 0 saturated heterocycles. The largest absolute Gasteiger partial charge is 0.399 e. The van der Waals surface area contributed by atoms with Crippen LogP contribution in [0.25, 0.3) is 0 Å². The van der Waals surface area contributed by atoms with E-state index in [-0.39, 0.29) is 16.0 Å². The molecule has 1 aromatic heterocycles. The zero-order chi connectivity index (χ0) is 14.0. The number of thiophene rings is 1. The molecular formula is C12H13ClN2O2S2. The minimum Gasteiger partial charge on any atom is -0.399 e. The molecule has 0 saturated carbocycles. The molecule has 0 aliphatic rings. The van der Waals surface area contributed by atoms with Gasteiger partial charge >= 0.3 is 0 Å². The van der Waals surface area contributed by atoms with Gasteiger partial charge in [-0.25, -0.2) is 13.1 Å². The van der Waals surface area contributed by atoms with Crippen molar-refractivity contribution in [2.75, 3.05) is 5.73 Å². The Bertz CT molecular complexity index is 669. The first-order valence-corrected chi connectivity index (χ1v) is 8.25. The maximum absolute atomic E-state index is 12.2. The van der Waals surface area contributed by atoms with Gasteiger partial charge in [0.15, 0.2) is 0 Å². The van der Waals surface area contributed by atoms with E-state index >= 15 is 0 Å². The van der Waals surface area contributed by atoms with E-state index in [9.17, 15) is 8.42 Å². The van der Waals surface area contributed by atoms with E-state index in [4.69, 9.17) is 17.3 Å². The Kier molecular flexibility index (Phi) is 4.15.